The summed E-state index contributed by atoms with van der Waals surface area (Å²) >= 11 is 0. The molecule has 6 nitrogen and oxygen atoms in total. The predicted molar refractivity (Wildman–Crippen MR) is 86.8 cm³/mol. The van der Waals surface area contributed by atoms with Crippen LogP contribution in [-0.2, 0) is 18.3 Å². The van der Waals surface area contributed by atoms with E-state index in [4.69, 9.17) is 10.00 Å². The zero-order chi connectivity index (χ0) is 16.6. The third-order valence-electron chi connectivity index (χ3n) is 4.72. The molecule has 0 aliphatic carbocycles. The van der Waals surface area contributed by atoms with E-state index in [0.29, 0.717) is 5.69 Å². The molecule has 2 aromatic rings. The van der Waals surface area contributed by atoms with Crippen LogP contribution in [0, 0.1) is 25.2 Å². The summed E-state index contributed by atoms with van der Waals surface area (Å²) in [6.45, 7) is 5.74. The van der Waals surface area contributed by atoms with Gasteiger partial charge in [-0.15, -0.1) is 0 Å². The standard InChI is InChI=1S/C17H23N5O/c1-11-12(2)20-17(19-11)16-6-15(23-4)10-22(16)9-13-5-14(7-18)21(3)8-13/h5,8,15-16H,6,9-10H2,1-4H3,(H,19,20)/t15-,16+/m1/s1. The van der Waals surface area contributed by atoms with Gasteiger partial charge in [-0.25, -0.2) is 4.98 Å². The van der Waals surface area contributed by atoms with E-state index in [1.54, 1.807) is 7.11 Å². The van der Waals surface area contributed by atoms with E-state index in [-0.39, 0.29) is 12.1 Å². The fourth-order valence-electron chi connectivity index (χ4n) is 3.29. The fraction of sp³-hybridized carbons (Fsp3) is 0.529. The van der Waals surface area contributed by atoms with Crippen molar-refractivity contribution < 1.29 is 4.74 Å². The van der Waals surface area contributed by atoms with E-state index < -0.39 is 0 Å². The molecule has 1 fully saturated rings. The number of imidazole rings is 1. The molecule has 0 amide bonds. The molecule has 0 saturated carbocycles. The minimum atomic E-state index is 0.213. The van der Waals surface area contributed by atoms with Gasteiger partial charge in [0, 0.05) is 39.1 Å². The summed E-state index contributed by atoms with van der Waals surface area (Å²) in [7, 11) is 3.67. The van der Waals surface area contributed by atoms with Gasteiger partial charge >= 0.3 is 0 Å². The fourth-order valence-corrected chi connectivity index (χ4v) is 3.29. The molecule has 0 spiro atoms. The molecule has 0 radical (unpaired) electrons. The monoisotopic (exact) mass is 313 g/mol. The lowest BCUT2D eigenvalue weighted by Gasteiger charge is -2.22. The van der Waals surface area contributed by atoms with Gasteiger partial charge in [-0.2, -0.15) is 5.26 Å². The van der Waals surface area contributed by atoms with Crippen LogP contribution in [0.15, 0.2) is 12.3 Å². The normalized spacial score (nSPS) is 21.7. The van der Waals surface area contributed by atoms with Crippen molar-refractivity contribution in [1.29, 1.82) is 5.26 Å². The molecule has 122 valence electrons. The molecule has 1 aliphatic heterocycles. The molecule has 1 saturated heterocycles. The molecule has 0 unspecified atom stereocenters. The van der Waals surface area contributed by atoms with Crippen LogP contribution >= 0.6 is 0 Å². The van der Waals surface area contributed by atoms with Crippen LogP contribution in [0.3, 0.4) is 0 Å². The molecule has 6 heteroatoms. The maximum absolute atomic E-state index is 9.12. The molecule has 1 aliphatic rings. The van der Waals surface area contributed by atoms with E-state index in [0.717, 1.165) is 42.3 Å². The van der Waals surface area contributed by atoms with Crippen molar-refractivity contribution in [2.45, 2.75) is 39.0 Å². The Bertz CT molecular complexity index is 719. The SMILES string of the molecule is CO[C@@H]1C[C@@H](c2nc(C)c(C)[nH]2)N(Cc2cc(C#N)n(C)c2)C1. The first-order chi connectivity index (χ1) is 11.0. The zero-order valence-corrected chi connectivity index (χ0v) is 14.1. The van der Waals surface area contributed by atoms with Crippen LogP contribution in [0.4, 0.5) is 0 Å². The number of hydrogen-bond acceptors (Lipinski definition) is 4. The molecular weight excluding hydrogens is 290 g/mol. The second kappa shape index (κ2) is 6.19. The summed E-state index contributed by atoms with van der Waals surface area (Å²) in [4.78, 5) is 10.5. The van der Waals surface area contributed by atoms with Crippen molar-refractivity contribution >= 4 is 0 Å². The number of aryl methyl sites for hydroxylation is 3. The summed E-state index contributed by atoms with van der Waals surface area (Å²) in [5, 5.41) is 9.12. The Morgan fingerprint density at radius 1 is 1.48 bits per heavy atom. The first-order valence-electron chi connectivity index (χ1n) is 7.87. The number of likely N-dealkylation sites (tertiary alicyclic amines) is 1. The van der Waals surface area contributed by atoms with Crippen LogP contribution in [0.2, 0.25) is 0 Å². The van der Waals surface area contributed by atoms with Crippen LogP contribution in [0.5, 0.6) is 0 Å². The Morgan fingerprint density at radius 3 is 2.83 bits per heavy atom. The van der Waals surface area contributed by atoms with E-state index in [2.05, 4.69) is 27.9 Å². The highest BCUT2D eigenvalue weighted by atomic mass is 16.5. The number of rotatable bonds is 4. The minimum absolute atomic E-state index is 0.213. The average Bonchev–Trinajstić information content (AvgIpc) is 3.18. The molecule has 3 rings (SSSR count). The third-order valence-corrected chi connectivity index (χ3v) is 4.72. The summed E-state index contributed by atoms with van der Waals surface area (Å²) in [5.41, 5.74) is 3.99. The minimum Gasteiger partial charge on any atom is -0.380 e. The number of aromatic amines is 1. The van der Waals surface area contributed by atoms with Gasteiger partial charge in [0.05, 0.1) is 17.8 Å². The quantitative estimate of drug-likeness (QED) is 0.939. The maximum atomic E-state index is 9.12. The van der Waals surface area contributed by atoms with Gasteiger partial charge in [-0.05, 0) is 31.9 Å². The molecule has 2 aromatic heterocycles. The highest BCUT2D eigenvalue weighted by molar-refractivity contribution is 5.28. The molecule has 1 N–H and O–H groups in total. The Hall–Kier alpha value is -2.10. The predicted octanol–water partition coefficient (Wildman–Crippen LogP) is 2.20. The Kier molecular flexibility index (Phi) is 4.24. The number of nitriles is 1. The van der Waals surface area contributed by atoms with Crippen molar-refractivity contribution in [2.75, 3.05) is 13.7 Å². The molecule has 3 heterocycles. The highest BCUT2D eigenvalue weighted by Crippen LogP contribution is 2.33. The number of ether oxygens (including phenoxy) is 1. The summed E-state index contributed by atoms with van der Waals surface area (Å²) in [6, 6.07) is 4.39. The Labute approximate surface area is 136 Å². The van der Waals surface area contributed by atoms with Gasteiger partial charge in [0.1, 0.15) is 17.6 Å². The van der Waals surface area contributed by atoms with E-state index in [1.807, 2.05) is 30.8 Å². The van der Waals surface area contributed by atoms with Gasteiger partial charge in [-0.3, -0.25) is 4.90 Å². The Balaban J connectivity index is 1.84. The van der Waals surface area contributed by atoms with E-state index in [1.165, 1.54) is 0 Å². The third kappa shape index (κ3) is 3.03. The molecule has 23 heavy (non-hydrogen) atoms. The van der Waals surface area contributed by atoms with E-state index in [9.17, 15) is 0 Å². The topological polar surface area (TPSA) is 69.9 Å². The second-order valence-electron chi connectivity index (χ2n) is 6.33. The summed E-state index contributed by atoms with van der Waals surface area (Å²) in [5.74, 6) is 1.01. The van der Waals surface area contributed by atoms with Crippen molar-refractivity contribution in [1.82, 2.24) is 19.4 Å². The number of nitrogens with zero attached hydrogens (tertiary/aromatic N) is 4. The van der Waals surface area contributed by atoms with Crippen LogP contribution < -0.4 is 0 Å². The maximum Gasteiger partial charge on any atom is 0.124 e. The number of nitrogens with one attached hydrogen (secondary N) is 1. The van der Waals surface area contributed by atoms with Gasteiger partial charge < -0.3 is 14.3 Å². The number of methoxy groups -OCH3 is 1. The number of H-pyrrole nitrogens is 1. The van der Waals surface area contributed by atoms with Gasteiger partial charge in [-0.1, -0.05) is 0 Å². The van der Waals surface area contributed by atoms with Gasteiger partial charge in [0.2, 0.25) is 0 Å². The Morgan fingerprint density at radius 2 is 2.26 bits per heavy atom. The van der Waals surface area contributed by atoms with E-state index >= 15 is 0 Å². The first-order valence-corrected chi connectivity index (χ1v) is 7.87. The van der Waals surface area contributed by atoms with Crippen LogP contribution in [0.25, 0.3) is 0 Å². The first kappa shape index (κ1) is 15.8. The highest BCUT2D eigenvalue weighted by Gasteiger charge is 2.35. The van der Waals surface area contributed by atoms with Crippen molar-refractivity contribution in [3.63, 3.8) is 0 Å². The van der Waals surface area contributed by atoms with Crippen molar-refractivity contribution in [2.24, 2.45) is 7.05 Å². The summed E-state index contributed by atoms with van der Waals surface area (Å²) < 4.78 is 7.45. The number of aromatic nitrogens is 3. The lowest BCUT2D eigenvalue weighted by molar-refractivity contribution is 0.107. The zero-order valence-electron chi connectivity index (χ0n) is 14.1. The van der Waals surface area contributed by atoms with Crippen molar-refractivity contribution in [3.8, 4) is 6.07 Å². The summed E-state index contributed by atoms with van der Waals surface area (Å²) in [6.07, 6.45) is 3.17. The van der Waals surface area contributed by atoms with Gasteiger partial charge in [0.15, 0.2) is 0 Å². The molecule has 2 atom stereocenters. The molecular formula is C17H23N5O. The lowest BCUT2D eigenvalue weighted by Crippen LogP contribution is -2.25. The van der Waals surface area contributed by atoms with Crippen molar-refractivity contribution in [3.05, 3.63) is 40.7 Å². The molecule has 0 bridgehead atoms. The van der Waals surface area contributed by atoms with Gasteiger partial charge in [0.25, 0.3) is 0 Å². The largest absolute Gasteiger partial charge is 0.380 e. The second-order valence-corrected chi connectivity index (χ2v) is 6.33. The number of hydrogen-bond donors (Lipinski definition) is 1. The molecule has 0 aromatic carbocycles. The smallest absolute Gasteiger partial charge is 0.124 e. The lowest BCUT2D eigenvalue weighted by atomic mass is 10.2. The average molecular weight is 313 g/mol. The van der Waals surface area contributed by atoms with Crippen LogP contribution in [0.1, 0.15) is 40.9 Å². The van der Waals surface area contributed by atoms with Crippen LogP contribution in [-0.4, -0.2) is 39.2 Å².